The zero-order chi connectivity index (χ0) is 33.0. The Labute approximate surface area is 256 Å². The predicted molar refractivity (Wildman–Crippen MR) is 163 cm³/mol. The smallest absolute Gasteiger partial charge is 0.316 e. The lowest BCUT2D eigenvalue weighted by atomic mass is 9.84. The van der Waals surface area contributed by atoms with Crippen molar-refractivity contribution < 1.29 is 28.8 Å². The number of hydrogen-bond donors (Lipinski definition) is 5. The fourth-order valence-corrected chi connectivity index (χ4v) is 5.61. The standard InChI is InChI=1S/C31H54N6O6/c1-16(2)19-13-14-37(21(19)26(40)34-20(15-18-11-12-18)22(38)25(32)39)28(42)24(31(8,9)10)36-29(43)35-23(30(5,6)7)27(41)33-17(3)4/h16-21,23-24H,11-15H2,1-10H3,(H2,32,39)(H,33,41)(H,34,40)(H2,35,36,43)/t19-,20?,21+,23-,24-/m1/s1. The SMILES string of the molecule is CC(C)NC(=O)[C@@H](NC(=O)N[C@H](C(=O)N1CC[C@H](C(C)C)[C@H]1C(=O)NC(CC1CC1)C(=O)C(N)=O)C(C)(C)C)C(C)(C)C. The minimum absolute atomic E-state index is 0.0404. The highest BCUT2D eigenvalue weighted by Crippen LogP contribution is 2.35. The number of carbonyl (C=O) groups is 6. The average Bonchev–Trinajstić information content (AvgIpc) is 3.55. The minimum Gasteiger partial charge on any atom is -0.363 e. The molecular weight excluding hydrogens is 552 g/mol. The molecule has 0 aromatic heterocycles. The van der Waals surface area contributed by atoms with Crippen LogP contribution in [-0.2, 0) is 24.0 Å². The van der Waals surface area contributed by atoms with Crippen LogP contribution in [0.15, 0.2) is 0 Å². The first kappa shape index (κ1) is 36.0. The summed E-state index contributed by atoms with van der Waals surface area (Å²) in [5.74, 6) is -3.17. The van der Waals surface area contributed by atoms with Crippen LogP contribution in [0, 0.1) is 28.6 Å². The van der Waals surface area contributed by atoms with Gasteiger partial charge in [0.1, 0.15) is 18.1 Å². The summed E-state index contributed by atoms with van der Waals surface area (Å²) in [5, 5.41) is 11.1. The van der Waals surface area contributed by atoms with Gasteiger partial charge in [0, 0.05) is 12.6 Å². The van der Waals surface area contributed by atoms with E-state index in [1.54, 1.807) is 0 Å². The lowest BCUT2D eigenvalue weighted by Gasteiger charge is -2.38. The number of amides is 6. The van der Waals surface area contributed by atoms with E-state index >= 15 is 0 Å². The largest absolute Gasteiger partial charge is 0.363 e. The fourth-order valence-electron chi connectivity index (χ4n) is 5.61. The summed E-state index contributed by atoms with van der Waals surface area (Å²) in [7, 11) is 0. The van der Waals surface area contributed by atoms with Crippen LogP contribution >= 0.6 is 0 Å². The van der Waals surface area contributed by atoms with Crippen LogP contribution in [0.2, 0.25) is 0 Å². The zero-order valence-corrected chi connectivity index (χ0v) is 27.6. The van der Waals surface area contributed by atoms with Gasteiger partial charge in [-0.2, -0.15) is 0 Å². The molecule has 2 fully saturated rings. The van der Waals surface area contributed by atoms with Gasteiger partial charge in [-0.3, -0.25) is 24.0 Å². The van der Waals surface area contributed by atoms with Gasteiger partial charge in [0.05, 0.1) is 6.04 Å². The topological polar surface area (TPSA) is 180 Å². The molecule has 0 aromatic carbocycles. The van der Waals surface area contributed by atoms with Gasteiger partial charge in [0.15, 0.2) is 0 Å². The highest BCUT2D eigenvalue weighted by Gasteiger charge is 2.48. The molecular formula is C31H54N6O6. The van der Waals surface area contributed by atoms with Gasteiger partial charge in [-0.1, -0.05) is 68.2 Å². The Hall–Kier alpha value is -3.18. The first-order valence-corrected chi connectivity index (χ1v) is 15.5. The summed E-state index contributed by atoms with van der Waals surface area (Å²) >= 11 is 0. The number of ketones is 1. The van der Waals surface area contributed by atoms with E-state index in [1.807, 2.05) is 69.2 Å². The van der Waals surface area contributed by atoms with Crippen LogP contribution in [0.25, 0.3) is 0 Å². The van der Waals surface area contributed by atoms with Crippen molar-refractivity contribution in [2.24, 2.45) is 34.3 Å². The average molecular weight is 607 g/mol. The Morgan fingerprint density at radius 1 is 0.791 bits per heavy atom. The Bertz CT molecular complexity index is 1070. The van der Waals surface area contributed by atoms with Crippen LogP contribution in [-0.4, -0.2) is 77.1 Å². The summed E-state index contributed by atoms with van der Waals surface area (Å²) in [6, 6.07) is -4.64. The van der Waals surface area contributed by atoms with Crippen molar-refractivity contribution in [2.75, 3.05) is 6.54 Å². The van der Waals surface area contributed by atoms with Gasteiger partial charge in [-0.15, -0.1) is 0 Å². The summed E-state index contributed by atoms with van der Waals surface area (Å²) in [5.41, 5.74) is 3.91. The number of nitrogens with two attached hydrogens (primary N) is 1. The third-order valence-corrected chi connectivity index (χ3v) is 8.22. The normalized spacial score (nSPS) is 21.2. The maximum atomic E-state index is 14.2. The van der Waals surface area contributed by atoms with Gasteiger partial charge in [-0.25, -0.2) is 4.79 Å². The van der Waals surface area contributed by atoms with Crippen molar-refractivity contribution in [1.29, 1.82) is 0 Å². The number of carbonyl (C=O) groups excluding carboxylic acids is 6. The maximum absolute atomic E-state index is 14.2. The van der Waals surface area contributed by atoms with E-state index in [9.17, 15) is 28.8 Å². The second-order valence-corrected chi connectivity index (χ2v) is 15.0. The van der Waals surface area contributed by atoms with Gasteiger partial charge in [0.2, 0.25) is 23.5 Å². The molecule has 1 saturated heterocycles. The number of urea groups is 1. The molecule has 2 rings (SSSR count). The van der Waals surface area contributed by atoms with E-state index in [0.29, 0.717) is 12.8 Å². The number of primary amides is 1. The van der Waals surface area contributed by atoms with E-state index in [4.69, 9.17) is 5.73 Å². The molecule has 5 atom stereocenters. The molecule has 1 aliphatic heterocycles. The molecule has 0 spiro atoms. The maximum Gasteiger partial charge on any atom is 0.316 e. The van der Waals surface area contributed by atoms with Crippen LogP contribution in [0.1, 0.15) is 94.9 Å². The second kappa shape index (κ2) is 14.1. The van der Waals surface area contributed by atoms with Gasteiger partial charge in [-0.05, 0) is 55.3 Å². The third kappa shape index (κ3) is 9.92. The molecule has 2 aliphatic rings. The van der Waals surface area contributed by atoms with Crippen molar-refractivity contribution >= 4 is 35.4 Å². The molecule has 0 aromatic rings. The van der Waals surface area contributed by atoms with Crippen molar-refractivity contribution in [3.63, 3.8) is 0 Å². The van der Waals surface area contributed by atoms with E-state index in [2.05, 4.69) is 21.3 Å². The molecule has 6 N–H and O–H groups in total. The summed E-state index contributed by atoms with van der Waals surface area (Å²) in [4.78, 5) is 79.9. The Kier molecular flexibility index (Phi) is 11.8. The molecule has 0 radical (unpaired) electrons. The molecule has 6 amide bonds. The van der Waals surface area contributed by atoms with Crippen molar-refractivity contribution in [1.82, 2.24) is 26.2 Å². The van der Waals surface area contributed by atoms with E-state index in [0.717, 1.165) is 12.8 Å². The number of Topliss-reactive ketones (excluding diaryl/α,β-unsaturated/α-hetero) is 1. The number of rotatable bonds is 12. The molecule has 12 heteroatoms. The Balaban J connectivity index is 2.33. The first-order valence-electron chi connectivity index (χ1n) is 15.5. The van der Waals surface area contributed by atoms with Crippen LogP contribution < -0.4 is 27.0 Å². The van der Waals surface area contributed by atoms with Crippen LogP contribution in [0.5, 0.6) is 0 Å². The second-order valence-electron chi connectivity index (χ2n) is 15.0. The zero-order valence-electron chi connectivity index (χ0n) is 27.6. The minimum atomic E-state index is -1.11. The molecule has 1 aliphatic carbocycles. The quantitative estimate of drug-likeness (QED) is 0.212. The lowest BCUT2D eigenvalue weighted by molar-refractivity contribution is -0.144. The molecule has 1 heterocycles. The summed E-state index contributed by atoms with van der Waals surface area (Å²) in [6.45, 7) is 18.8. The van der Waals surface area contributed by atoms with Crippen molar-refractivity contribution in [2.45, 2.75) is 125 Å². The monoisotopic (exact) mass is 606 g/mol. The molecule has 43 heavy (non-hydrogen) atoms. The van der Waals surface area contributed by atoms with E-state index in [-0.39, 0.29) is 36.2 Å². The third-order valence-electron chi connectivity index (χ3n) is 8.22. The van der Waals surface area contributed by atoms with Gasteiger partial charge < -0.3 is 31.9 Å². The lowest BCUT2D eigenvalue weighted by Crippen LogP contribution is -2.63. The van der Waals surface area contributed by atoms with Gasteiger partial charge in [0.25, 0.3) is 5.91 Å². The fraction of sp³-hybridized carbons (Fsp3) is 0.806. The van der Waals surface area contributed by atoms with E-state index in [1.165, 1.54) is 4.90 Å². The van der Waals surface area contributed by atoms with Crippen molar-refractivity contribution in [3.8, 4) is 0 Å². The highest BCUT2D eigenvalue weighted by atomic mass is 16.2. The first-order chi connectivity index (χ1) is 19.6. The van der Waals surface area contributed by atoms with E-state index < -0.39 is 64.5 Å². The molecule has 1 saturated carbocycles. The summed E-state index contributed by atoms with van der Waals surface area (Å²) < 4.78 is 0. The van der Waals surface area contributed by atoms with Crippen LogP contribution in [0.4, 0.5) is 4.79 Å². The highest BCUT2D eigenvalue weighted by molar-refractivity contribution is 6.37. The Morgan fingerprint density at radius 2 is 1.33 bits per heavy atom. The predicted octanol–water partition coefficient (Wildman–Crippen LogP) is 1.85. The number of nitrogens with one attached hydrogen (secondary N) is 4. The van der Waals surface area contributed by atoms with Crippen molar-refractivity contribution in [3.05, 3.63) is 0 Å². The molecule has 0 bridgehead atoms. The number of hydrogen-bond acceptors (Lipinski definition) is 6. The number of likely N-dealkylation sites (tertiary alicyclic amines) is 1. The van der Waals surface area contributed by atoms with Gasteiger partial charge >= 0.3 is 6.03 Å². The molecule has 244 valence electrons. The summed E-state index contributed by atoms with van der Waals surface area (Å²) in [6.07, 6.45) is 2.71. The number of nitrogens with zero attached hydrogens (tertiary/aromatic N) is 1. The molecule has 1 unspecified atom stereocenters. The Morgan fingerprint density at radius 3 is 1.77 bits per heavy atom. The molecule has 12 nitrogen and oxygen atoms in total. The van der Waals surface area contributed by atoms with Crippen LogP contribution in [0.3, 0.4) is 0 Å².